The topological polar surface area (TPSA) is 102 Å². The predicted molar refractivity (Wildman–Crippen MR) is 98.6 cm³/mol. The lowest BCUT2D eigenvalue weighted by Crippen LogP contribution is -2.51. The van der Waals surface area contributed by atoms with Crippen LogP contribution in [0.25, 0.3) is 0 Å². The Hall–Kier alpha value is -1.64. The number of primary sulfonamides is 1. The first-order valence-corrected chi connectivity index (χ1v) is 10.7. The van der Waals surface area contributed by atoms with Gasteiger partial charge in [0.1, 0.15) is 5.75 Å². The van der Waals surface area contributed by atoms with Crippen LogP contribution in [0.1, 0.15) is 42.5 Å². The Labute approximate surface area is 154 Å². The highest BCUT2D eigenvalue weighted by molar-refractivity contribution is 7.89. The maximum absolute atomic E-state index is 12.6. The van der Waals surface area contributed by atoms with Crippen molar-refractivity contribution in [2.75, 3.05) is 26.7 Å². The van der Waals surface area contributed by atoms with Crippen LogP contribution in [0.15, 0.2) is 23.1 Å². The van der Waals surface area contributed by atoms with Gasteiger partial charge in [-0.05, 0) is 56.8 Å². The minimum absolute atomic E-state index is 0.0731. The summed E-state index contributed by atoms with van der Waals surface area (Å²) in [6.07, 6.45) is 6.02. The fourth-order valence-electron chi connectivity index (χ4n) is 4.17. The monoisotopic (exact) mass is 381 g/mol. The van der Waals surface area contributed by atoms with E-state index in [-0.39, 0.29) is 16.6 Å². The molecule has 2 aliphatic rings. The number of nitrogens with one attached hydrogen (secondary N) is 1. The van der Waals surface area contributed by atoms with Gasteiger partial charge in [-0.3, -0.25) is 4.79 Å². The van der Waals surface area contributed by atoms with Crippen molar-refractivity contribution in [3.8, 4) is 5.75 Å². The van der Waals surface area contributed by atoms with E-state index in [1.165, 1.54) is 51.0 Å². The summed E-state index contributed by atoms with van der Waals surface area (Å²) in [7, 11) is -2.43. The van der Waals surface area contributed by atoms with Gasteiger partial charge in [0.2, 0.25) is 10.0 Å². The van der Waals surface area contributed by atoms with Gasteiger partial charge < -0.3 is 15.0 Å². The van der Waals surface area contributed by atoms with Crippen LogP contribution in [0.5, 0.6) is 5.75 Å². The molecule has 0 bridgehead atoms. The average Bonchev–Trinajstić information content (AvgIpc) is 2.64. The van der Waals surface area contributed by atoms with Gasteiger partial charge in [0, 0.05) is 18.7 Å². The van der Waals surface area contributed by atoms with Crippen molar-refractivity contribution in [1.82, 2.24) is 10.2 Å². The maximum Gasteiger partial charge on any atom is 0.255 e. The highest BCUT2D eigenvalue weighted by atomic mass is 32.2. The fraction of sp³-hybridized carbons (Fsp3) is 0.611. The zero-order chi connectivity index (χ0) is 18.7. The summed E-state index contributed by atoms with van der Waals surface area (Å²) in [6.45, 7) is 2.95. The Balaban J connectivity index is 1.68. The highest BCUT2D eigenvalue weighted by Crippen LogP contribution is 2.30. The van der Waals surface area contributed by atoms with Gasteiger partial charge in [-0.2, -0.15) is 0 Å². The van der Waals surface area contributed by atoms with Gasteiger partial charge in [-0.1, -0.05) is 6.42 Å². The Kier molecular flexibility index (Phi) is 5.84. The second-order valence-electron chi connectivity index (χ2n) is 7.12. The summed E-state index contributed by atoms with van der Waals surface area (Å²) in [5.74, 6) is 0.412. The van der Waals surface area contributed by atoms with E-state index >= 15 is 0 Å². The van der Waals surface area contributed by atoms with Crippen LogP contribution in [0.2, 0.25) is 0 Å². The number of amides is 1. The number of nitrogens with two attached hydrogens (primary N) is 1. The number of rotatable bonds is 5. The summed E-state index contributed by atoms with van der Waals surface area (Å²) in [5.41, 5.74) is 0.316. The fourth-order valence-corrected chi connectivity index (χ4v) is 4.70. The van der Waals surface area contributed by atoms with Crippen LogP contribution < -0.4 is 15.2 Å². The standard InChI is InChI=1S/C18H27N3O4S/c1-25-17-11-14(26(19,23)24)7-8-15(17)18(22)20-12-13-5-4-10-21-9-3-2-6-16(13)21/h7-8,11,13,16H,2-6,9-10,12H2,1H3,(H,20,22)(H2,19,23,24)/t13-,16+/m0/s1. The molecule has 0 aromatic heterocycles. The molecule has 2 heterocycles. The lowest BCUT2D eigenvalue weighted by Gasteiger charge is -2.44. The molecule has 1 aromatic rings. The van der Waals surface area contributed by atoms with Crippen molar-refractivity contribution in [2.45, 2.75) is 43.0 Å². The van der Waals surface area contributed by atoms with Crippen molar-refractivity contribution < 1.29 is 17.9 Å². The lowest BCUT2D eigenvalue weighted by molar-refractivity contribution is 0.0575. The quantitative estimate of drug-likeness (QED) is 0.801. The lowest BCUT2D eigenvalue weighted by atomic mass is 9.83. The molecular formula is C18H27N3O4S. The first-order chi connectivity index (χ1) is 12.4. The van der Waals surface area contributed by atoms with Crippen molar-refractivity contribution in [1.29, 1.82) is 0 Å². The zero-order valence-corrected chi connectivity index (χ0v) is 15.9. The van der Waals surface area contributed by atoms with Crippen molar-refractivity contribution in [3.05, 3.63) is 23.8 Å². The van der Waals surface area contributed by atoms with E-state index in [9.17, 15) is 13.2 Å². The van der Waals surface area contributed by atoms with Gasteiger partial charge in [0.05, 0.1) is 17.6 Å². The van der Waals surface area contributed by atoms with Crippen LogP contribution in [0.4, 0.5) is 0 Å². The zero-order valence-electron chi connectivity index (χ0n) is 15.1. The molecule has 3 N–H and O–H groups in total. The molecule has 2 fully saturated rings. The predicted octanol–water partition coefficient (Wildman–Crippen LogP) is 1.34. The number of ether oxygens (including phenoxy) is 1. The molecule has 7 nitrogen and oxygen atoms in total. The Morgan fingerprint density at radius 3 is 2.77 bits per heavy atom. The number of fused-ring (bicyclic) bond motifs is 1. The Morgan fingerprint density at radius 2 is 2.04 bits per heavy atom. The molecule has 0 radical (unpaired) electrons. The molecule has 1 amide bonds. The van der Waals surface area contributed by atoms with Gasteiger partial charge in [0.25, 0.3) is 5.91 Å². The second kappa shape index (κ2) is 7.94. The number of carbonyl (C=O) groups excluding carboxylic acids is 1. The normalized spacial score (nSPS) is 23.9. The average molecular weight is 381 g/mol. The summed E-state index contributed by atoms with van der Waals surface area (Å²) in [6, 6.07) is 4.62. The number of carbonyl (C=O) groups is 1. The molecule has 0 unspecified atom stereocenters. The van der Waals surface area contributed by atoms with E-state index in [1.54, 1.807) is 0 Å². The molecule has 2 atom stereocenters. The molecule has 2 aliphatic heterocycles. The third kappa shape index (κ3) is 4.19. The van der Waals surface area contributed by atoms with E-state index < -0.39 is 10.0 Å². The van der Waals surface area contributed by atoms with Crippen LogP contribution >= 0.6 is 0 Å². The molecule has 144 valence electrons. The largest absolute Gasteiger partial charge is 0.496 e. The molecule has 0 saturated carbocycles. The van der Waals surface area contributed by atoms with Crippen LogP contribution in [-0.2, 0) is 10.0 Å². The van der Waals surface area contributed by atoms with Crippen molar-refractivity contribution in [2.24, 2.45) is 11.1 Å². The minimum Gasteiger partial charge on any atom is -0.496 e. The van der Waals surface area contributed by atoms with Crippen LogP contribution in [-0.4, -0.2) is 52.0 Å². The number of piperidine rings is 2. The van der Waals surface area contributed by atoms with E-state index in [0.29, 0.717) is 24.1 Å². The molecule has 2 saturated heterocycles. The van der Waals surface area contributed by atoms with Gasteiger partial charge in [-0.25, -0.2) is 13.6 Å². The first-order valence-electron chi connectivity index (χ1n) is 9.13. The minimum atomic E-state index is -3.84. The summed E-state index contributed by atoms with van der Waals surface area (Å²) in [4.78, 5) is 15.1. The van der Waals surface area contributed by atoms with Crippen LogP contribution in [0.3, 0.4) is 0 Å². The first kappa shape index (κ1) is 19.1. The molecule has 0 spiro atoms. The summed E-state index contributed by atoms with van der Waals surface area (Å²) < 4.78 is 28.1. The molecule has 26 heavy (non-hydrogen) atoms. The molecule has 8 heteroatoms. The highest BCUT2D eigenvalue weighted by Gasteiger charge is 2.33. The Morgan fingerprint density at radius 1 is 1.27 bits per heavy atom. The third-order valence-electron chi connectivity index (χ3n) is 5.50. The second-order valence-corrected chi connectivity index (χ2v) is 8.68. The Bertz CT molecular complexity index is 764. The van der Waals surface area contributed by atoms with E-state index in [1.807, 2.05) is 0 Å². The van der Waals surface area contributed by atoms with Crippen LogP contribution in [0, 0.1) is 5.92 Å². The number of hydrogen-bond acceptors (Lipinski definition) is 5. The molecule has 3 rings (SSSR count). The molecule has 1 aromatic carbocycles. The number of sulfonamides is 1. The van der Waals surface area contributed by atoms with Gasteiger partial charge in [-0.15, -0.1) is 0 Å². The maximum atomic E-state index is 12.6. The summed E-state index contributed by atoms with van der Waals surface area (Å²) >= 11 is 0. The van der Waals surface area contributed by atoms with E-state index in [4.69, 9.17) is 9.88 Å². The third-order valence-corrected chi connectivity index (χ3v) is 6.41. The van der Waals surface area contributed by atoms with Gasteiger partial charge in [0.15, 0.2) is 0 Å². The number of nitrogens with zero attached hydrogens (tertiary/aromatic N) is 1. The van der Waals surface area contributed by atoms with Crippen molar-refractivity contribution in [3.63, 3.8) is 0 Å². The van der Waals surface area contributed by atoms with Crippen molar-refractivity contribution >= 4 is 15.9 Å². The smallest absolute Gasteiger partial charge is 0.255 e. The molecular weight excluding hydrogens is 354 g/mol. The van der Waals surface area contributed by atoms with E-state index in [2.05, 4.69) is 10.2 Å². The molecule has 0 aliphatic carbocycles. The SMILES string of the molecule is COc1cc(S(N)(=O)=O)ccc1C(=O)NC[C@@H]1CCCN2CCCC[C@H]12. The number of hydrogen-bond donors (Lipinski definition) is 2. The number of methoxy groups -OCH3 is 1. The van der Waals surface area contributed by atoms with E-state index in [0.717, 1.165) is 19.5 Å². The summed E-state index contributed by atoms with van der Waals surface area (Å²) in [5, 5.41) is 8.14. The number of benzene rings is 1. The van der Waals surface area contributed by atoms with Gasteiger partial charge >= 0.3 is 0 Å².